The topological polar surface area (TPSA) is 26.0 Å². The molecule has 2 heteroatoms. The molecule has 15 heavy (non-hydrogen) atoms. The highest BCUT2D eigenvalue weighted by Crippen LogP contribution is 2.27. The van der Waals surface area contributed by atoms with E-state index >= 15 is 0 Å². The summed E-state index contributed by atoms with van der Waals surface area (Å²) >= 11 is 3.42. The van der Waals surface area contributed by atoms with Crippen LogP contribution in [0.1, 0.15) is 5.56 Å². The zero-order chi connectivity index (χ0) is 10.8. The Balaban J connectivity index is 2.53. The second-order valence-corrected chi connectivity index (χ2v) is 4.51. The fraction of sp³-hybridized carbons (Fsp3) is 0.0769. The molecule has 0 amide bonds. The van der Waals surface area contributed by atoms with Gasteiger partial charge in [-0.2, -0.15) is 0 Å². The highest BCUT2D eigenvalue weighted by Gasteiger charge is 2.02. The highest BCUT2D eigenvalue weighted by molar-refractivity contribution is 9.10. The lowest BCUT2D eigenvalue weighted by Crippen LogP contribution is -1.90. The Labute approximate surface area is 98.1 Å². The highest BCUT2D eigenvalue weighted by atomic mass is 79.9. The second-order valence-electron chi connectivity index (χ2n) is 3.60. The Bertz CT molecular complexity index is 474. The molecule has 0 atom stereocenters. The van der Waals surface area contributed by atoms with Crippen molar-refractivity contribution in [1.29, 1.82) is 0 Å². The molecule has 0 aliphatic carbocycles. The molecule has 2 aromatic carbocycles. The van der Waals surface area contributed by atoms with E-state index in [0.29, 0.717) is 0 Å². The summed E-state index contributed by atoms with van der Waals surface area (Å²) in [6, 6.07) is 14.3. The first-order chi connectivity index (χ1) is 7.16. The molecule has 0 saturated heterocycles. The molecule has 0 aromatic heterocycles. The molecule has 0 fully saturated rings. The van der Waals surface area contributed by atoms with Gasteiger partial charge in [-0.05, 0) is 36.8 Å². The number of benzene rings is 2. The molecule has 2 aromatic rings. The zero-order valence-corrected chi connectivity index (χ0v) is 10.1. The normalized spacial score (nSPS) is 10.3. The summed E-state index contributed by atoms with van der Waals surface area (Å²) in [6.07, 6.45) is 0. The van der Waals surface area contributed by atoms with Gasteiger partial charge in [-0.15, -0.1) is 0 Å². The molecule has 0 unspecified atom stereocenters. The van der Waals surface area contributed by atoms with E-state index < -0.39 is 0 Å². The van der Waals surface area contributed by atoms with E-state index in [1.54, 1.807) is 0 Å². The number of rotatable bonds is 1. The zero-order valence-electron chi connectivity index (χ0n) is 8.50. The summed E-state index contributed by atoms with van der Waals surface area (Å²) in [5.41, 5.74) is 10.2. The van der Waals surface area contributed by atoms with Gasteiger partial charge in [0.1, 0.15) is 0 Å². The van der Waals surface area contributed by atoms with E-state index in [4.69, 9.17) is 5.73 Å². The standard InChI is InChI=1S/C13H12BrN/c1-9-2-7-13(15)12(8-9)10-3-5-11(14)6-4-10/h2-8H,15H2,1H3. The predicted molar refractivity (Wildman–Crippen MR) is 68.7 cm³/mol. The molecule has 0 aliphatic rings. The monoisotopic (exact) mass is 261 g/mol. The number of hydrogen-bond acceptors (Lipinski definition) is 1. The Kier molecular flexibility index (Phi) is 2.78. The SMILES string of the molecule is Cc1ccc(N)c(-c2ccc(Br)cc2)c1. The summed E-state index contributed by atoms with van der Waals surface area (Å²) in [7, 11) is 0. The average molecular weight is 262 g/mol. The lowest BCUT2D eigenvalue weighted by atomic mass is 10.0. The lowest BCUT2D eigenvalue weighted by molar-refractivity contribution is 1.46. The number of nitrogen functional groups attached to an aromatic ring is 1. The third kappa shape index (κ3) is 2.21. The van der Waals surface area contributed by atoms with Crippen molar-refractivity contribution in [1.82, 2.24) is 0 Å². The van der Waals surface area contributed by atoms with Crippen molar-refractivity contribution in [2.45, 2.75) is 6.92 Å². The van der Waals surface area contributed by atoms with Crippen molar-refractivity contribution < 1.29 is 0 Å². The molecule has 76 valence electrons. The van der Waals surface area contributed by atoms with Gasteiger partial charge in [0.15, 0.2) is 0 Å². The van der Waals surface area contributed by atoms with Crippen LogP contribution in [-0.4, -0.2) is 0 Å². The minimum Gasteiger partial charge on any atom is -0.398 e. The van der Waals surface area contributed by atoms with Crippen LogP contribution in [0.2, 0.25) is 0 Å². The van der Waals surface area contributed by atoms with Crippen molar-refractivity contribution in [3.8, 4) is 11.1 Å². The van der Waals surface area contributed by atoms with E-state index in [1.165, 1.54) is 5.56 Å². The maximum absolute atomic E-state index is 5.95. The van der Waals surface area contributed by atoms with Gasteiger partial charge in [0.2, 0.25) is 0 Å². The lowest BCUT2D eigenvalue weighted by Gasteiger charge is -2.07. The first-order valence-corrected chi connectivity index (χ1v) is 5.58. The van der Waals surface area contributed by atoms with E-state index in [0.717, 1.165) is 21.3 Å². The Morgan fingerprint density at radius 3 is 2.33 bits per heavy atom. The van der Waals surface area contributed by atoms with Crippen molar-refractivity contribution in [2.75, 3.05) is 5.73 Å². The van der Waals surface area contributed by atoms with Gasteiger partial charge in [-0.1, -0.05) is 39.7 Å². The molecular weight excluding hydrogens is 250 g/mol. The van der Waals surface area contributed by atoms with Crippen molar-refractivity contribution >= 4 is 21.6 Å². The van der Waals surface area contributed by atoms with Crippen LogP contribution in [0.5, 0.6) is 0 Å². The average Bonchev–Trinajstić information content (AvgIpc) is 2.23. The molecule has 2 rings (SSSR count). The van der Waals surface area contributed by atoms with Crippen LogP contribution < -0.4 is 5.73 Å². The largest absolute Gasteiger partial charge is 0.398 e. The molecule has 0 bridgehead atoms. The van der Waals surface area contributed by atoms with Crippen LogP contribution in [0.4, 0.5) is 5.69 Å². The fourth-order valence-electron chi connectivity index (χ4n) is 1.55. The number of hydrogen-bond donors (Lipinski definition) is 1. The molecule has 0 spiro atoms. The number of nitrogens with two attached hydrogens (primary N) is 1. The van der Waals surface area contributed by atoms with Crippen molar-refractivity contribution in [2.24, 2.45) is 0 Å². The second kappa shape index (κ2) is 4.07. The quantitative estimate of drug-likeness (QED) is 0.772. The molecule has 0 heterocycles. The third-order valence-corrected chi connectivity index (χ3v) is 2.89. The minimum absolute atomic E-state index is 0.822. The van der Waals surface area contributed by atoms with Gasteiger partial charge >= 0.3 is 0 Å². The molecule has 2 N–H and O–H groups in total. The van der Waals surface area contributed by atoms with Gasteiger partial charge in [0.25, 0.3) is 0 Å². The van der Waals surface area contributed by atoms with Gasteiger partial charge in [0, 0.05) is 15.7 Å². The maximum atomic E-state index is 5.95. The van der Waals surface area contributed by atoms with Gasteiger partial charge in [0.05, 0.1) is 0 Å². The Hall–Kier alpha value is -1.28. The molecule has 0 aliphatic heterocycles. The first kappa shape index (κ1) is 10.2. The van der Waals surface area contributed by atoms with E-state index in [1.807, 2.05) is 24.3 Å². The minimum atomic E-state index is 0.822. The predicted octanol–water partition coefficient (Wildman–Crippen LogP) is 4.01. The van der Waals surface area contributed by atoms with Gasteiger partial charge in [-0.25, -0.2) is 0 Å². The number of aryl methyl sites for hydroxylation is 1. The van der Waals surface area contributed by atoms with Crippen LogP contribution in [0.3, 0.4) is 0 Å². The fourth-order valence-corrected chi connectivity index (χ4v) is 1.81. The van der Waals surface area contributed by atoms with Crippen LogP contribution in [0.25, 0.3) is 11.1 Å². The van der Waals surface area contributed by atoms with Crippen LogP contribution in [0, 0.1) is 6.92 Å². The summed E-state index contributed by atoms with van der Waals surface area (Å²) < 4.78 is 1.08. The maximum Gasteiger partial charge on any atom is 0.0393 e. The summed E-state index contributed by atoms with van der Waals surface area (Å²) in [4.78, 5) is 0. The third-order valence-electron chi connectivity index (χ3n) is 2.36. The van der Waals surface area contributed by atoms with Crippen LogP contribution in [0.15, 0.2) is 46.9 Å². The Morgan fingerprint density at radius 2 is 1.67 bits per heavy atom. The van der Waals surface area contributed by atoms with Gasteiger partial charge < -0.3 is 5.73 Å². The first-order valence-electron chi connectivity index (χ1n) is 4.79. The summed E-state index contributed by atoms with van der Waals surface area (Å²) in [5.74, 6) is 0. The van der Waals surface area contributed by atoms with E-state index in [9.17, 15) is 0 Å². The summed E-state index contributed by atoms with van der Waals surface area (Å²) in [6.45, 7) is 2.07. The molecule has 0 radical (unpaired) electrons. The Morgan fingerprint density at radius 1 is 1.00 bits per heavy atom. The van der Waals surface area contributed by atoms with Crippen molar-refractivity contribution in [3.63, 3.8) is 0 Å². The number of halogens is 1. The van der Waals surface area contributed by atoms with Crippen LogP contribution >= 0.6 is 15.9 Å². The van der Waals surface area contributed by atoms with Crippen LogP contribution in [-0.2, 0) is 0 Å². The smallest absolute Gasteiger partial charge is 0.0393 e. The number of anilines is 1. The molecule has 1 nitrogen and oxygen atoms in total. The summed E-state index contributed by atoms with van der Waals surface area (Å²) in [5, 5.41) is 0. The van der Waals surface area contributed by atoms with E-state index in [-0.39, 0.29) is 0 Å². The molecule has 0 saturated carbocycles. The van der Waals surface area contributed by atoms with Crippen molar-refractivity contribution in [3.05, 3.63) is 52.5 Å². The van der Waals surface area contributed by atoms with Gasteiger partial charge in [-0.3, -0.25) is 0 Å². The van der Waals surface area contributed by atoms with E-state index in [2.05, 4.69) is 41.1 Å². The molecular formula is C13H12BrN.